The molecule has 0 aliphatic carbocycles. The van der Waals surface area contributed by atoms with Crippen LogP contribution in [0.2, 0.25) is 0 Å². The van der Waals surface area contributed by atoms with Gasteiger partial charge >= 0.3 is 0 Å². The molecule has 21 heavy (non-hydrogen) atoms. The van der Waals surface area contributed by atoms with Crippen LogP contribution in [-0.2, 0) is 13.1 Å². The molecule has 0 saturated heterocycles. The molecule has 0 N–H and O–H groups in total. The van der Waals surface area contributed by atoms with E-state index in [2.05, 4.69) is 11.0 Å². The number of nitrogens with zero attached hydrogens (tertiary/aromatic N) is 2. The van der Waals surface area contributed by atoms with Crippen molar-refractivity contribution in [2.45, 2.75) is 13.1 Å². The van der Waals surface area contributed by atoms with Crippen LogP contribution in [0.5, 0.6) is 5.75 Å². The van der Waals surface area contributed by atoms with E-state index in [-0.39, 0.29) is 5.82 Å². The lowest BCUT2D eigenvalue weighted by Crippen LogP contribution is -2.17. The molecular formula is C17H17FN2O. The van der Waals surface area contributed by atoms with Crippen LogP contribution in [0.1, 0.15) is 16.7 Å². The van der Waals surface area contributed by atoms with Gasteiger partial charge in [-0.15, -0.1) is 0 Å². The van der Waals surface area contributed by atoms with E-state index in [4.69, 9.17) is 10.00 Å². The Morgan fingerprint density at radius 3 is 2.33 bits per heavy atom. The van der Waals surface area contributed by atoms with Crippen LogP contribution in [0.25, 0.3) is 0 Å². The van der Waals surface area contributed by atoms with E-state index in [1.54, 1.807) is 25.3 Å². The highest BCUT2D eigenvalue weighted by atomic mass is 19.1. The summed E-state index contributed by atoms with van der Waals surface area (Å²) in [5.74, 6) is 0.359. The van der Waals surface area contributed by atoms with E-state index >= 15 is 0 Å². The molecule has 0 heterocycles. The summed E-state index contributed by atoms with van der Waals surface area (Å²) in [6.45, 7) is 1.42. The molecule has 0 aliphatic rings. The Balaban J connectivity index is 2.04. The van der Waals surface area contributed by atoms with Crippen LogP contribution in [0.4, 0.5) is 4.39 Å². The van der Waals surface area contributed by atoms with E-state index < -0.39 is 0 Å². The molecule has 0 bridgehead atoms. The van der Waals surface area contributed by atoms with E-state index in [0.717, 1.165) is 11.1 Å². The smallest absolute Gasteiger partial charge is 0.136 e. The largest absolute Gasteiger partial charge is 0.495 e. The maximum atomic E-state index is 12.9. The fraction of sp³-hybridized carbons (Fsp3) is 0.235. The average Bonchev–Trinajstić information content (AvgIpc) is 2.49. The molecule has 0 atom stereocenters. The molecule has 2 aromatic carbocycles. The normalized spacial score (nSPS) is 10.4. The summed E-state index contributed by atoms with van der Waals surface area (Å²) in [7, 11) is 3.54. The second kappa shape index (κ2) is 6.87. The highest BCUT2D eigenvalue weighted by molar-refractivity contribution is 5.45. The number of hydrogen-bond acceptors (Lipinski definition) is 3. The first-order valence-corrected chi connectivity index (χ1v) is 6.62. The first kappa shape index (κ1) is 15.0. The first-order chi connectivity index (χ1) is 10.1. The highest BCUT2D eigenvalue weighted by Gasteiger charge is 2.06. The van der Waals surface area contributed by atoms with Crippen LogP contribution in [0.3, 0.4) is 0 Å². The Morgan fingerprint density at radius 1 is 1.10 bits per heavy atom. The van der Waals surface area contributed by atoms with Crippen molar-refractivity contribution in [3.8, 4) is 11.8 Å². The van der Waals surface area contributed by atoms with E-state index in [0.29, 0.717) is 24.4 Å². The molecular weight excluding hydrogens is 267 g/mol. The third-order valence-corrected chi connectivity index (χ3v) is 3.20. The molecule has 3 nitrogen and oxygen atoms in total. The number of hydrogen-bond donors (Lipinski definition) is 0. The molecule has 2 aromatic rings. The van der Waals surface area contributed by atoms with Crippen LogP contribution >= 0.6 is 0 Å². The van der Waals surface area contributed by atoms with E-state index in [1.165, 1.54) is 12.1 Å². The Bertz CT molecular complexity index is 647. The van der Waals surface area contributed by atoms with Gasteiger partial charge in [0.25, 0.3) is 0 Å². The van der Waals surface area contributed by atoms with Crippen molar-refractivity contribution in [2.75, 3.05) is 14.2 Å². The van der Waals surface area contributed by atoms with E-state index in [1.807, 2.05) is 19.2 Å². The number of ether oxygens (including phenoxy) is 1. The summed E-state index contributed by atoms with van der Waals surface area (Å²) in [4.78, 5) is 2.11. The zero-order chi connectivity index (χ0) is 15.2. The van der Waals surface area contributed by atoms with Gasteiger partial charge in [0.15, 0.2) is 0 Å². The lowest BCUT2D eigenvalue weighted by atomic mass is 10.1. The van der Waals surface area contributed by atoms with Crippen LogP contribution in [0, 0.1) is 17.1 Å². The molecule has 0 amide bonds. The summed E-state index contributed by atoms with van der Waals surface area (Å²) in [5.41, 5.74) is 2.62. The minimum atomic E-state index is -0.227. The van der Waals surface area contributed by atoms with Gasteiger partial charge in [-0.3, -0.25) is 4.90 Å². The fourth-order valence-corrected chi connectivity index (χ4v) is 2.21. The second-order valence-electron chi connectivity index (χ2n) is 4.95. The summed E-state index contributed by atoms with van der Waals surface area (Å²) in [6, 6.07) is 14.2. The van der Waals surface area contributed by atoms with Crippen LogP contribution in [0.15, 0.2) is 42.5 Å². The number of rotatable bonds is 5. The molecule has 0 unspecified atom stereocenters. The average molecular weight is 284 g/mol. The zero-order valence-corrected chi connectivity index (χ0v) is 12.1. The van der Waals surface area contributed by atoms with Gasteiger partial charge in [0.05, 0.1) is 12.7 Å². The lowest BCUT2D eigenvalue weighted by Gasteiger charge is -2.17. The predicted octanol–water partition coefficient (Wildman–Crippen LogP) is 3.34. The predicted molar refractivity (Wildman–Crippen MR) is 79.3 cm³/mol. The topological polar surface area (TPSA) is 36.3 Å². The number of methoxy groups -OCH3 is 1. The molecule has 0 aromatic heterocycles. The highest BCUT2D eigenvalue weighted by Crippen LogP contribution is 2.20. The first-order valence-electron chi connectivity index (χ1n) is 6.62. The van der Waals surface area contributed by atoms with Crippen molar-refractivity contribution < 1.29 is 9.13 Å². The Kier molecular flexibility index (Phi) is 4.91. The molecule has 4 heteroatoms. The van der Waals surface area contributed by atoms with Crippen molar-refractivity contribution >= 4 is 0 Å². The molecule has 0 fully saturated rings. The molecule has 108 valence electrons. The minimum Gasteiger partial charge on any atom is -0.495 e. The number of nitriles is 1. The monoisotopic (exact) mass is 284 g/mol. The van der Waals surface area contributed by atoms with Crippen molar-refractivity contribution in [2.24, 2.45) is 0 Å². The molecule has 0 radical (unpaired) electrons. The van der Waals surface area contributed by atoms with Gasteiger partial charge in [-0.05, 0) is 42.4 Å². The number of halogens is 1. The molecule has 0 spiro atoms. The van der Waals surface area contributed by atoms with Gasteiger partial charge in [0.1, 0.15) is 17.6 Å². The van der Waals surface area contributed by atoms with Crippen molar-refractivity contribution in [3.63, 3.8) is 0 Å². The Morgan fingerprint density at radius 2 is 1.71 bits per heavy atom. The van der Waals surface area contributed by atoms with Gasteiger partial charge in [-0.1, -0.05) is 18.2 Å². The third kappa shape index (κ3) is 4.04. The van der Waals surface area contributed by atoms with Gasteiger partial charge < -0.3 is 4.74 Å². The lowest BCUT2D eigenvalue weighted by molar-refractivity contribution is 0.318. The minimum absolute atomic E-state index is 0.227. The second-order valence-corrected chi connectivity index (χ2v) is 4.95. The van der Waals surface area contributed by atoms with E-state index in [9.17, 15) is 4.39 Å². The Hall–Kier alpha value is -2.38. The summed E-state index contributed by atoms with van der Waals surface area (Å²) >= 11 is 0. The maximum Gasteiger partial charge on any atom is 0.136 e. The van der Waals surface area contributed by atoms with Crippen molar-refractivity contribution in [1.29, 1.82) is 5.26 Å². The van der Waals surface area contributed by atoms with Gasteiger partial charge in [-0.25, -0.2) is 4.39 Å². The van der Waals surface area contributed by atoms with Gasteiger partial charge in [0.2, 0.25) is 0 Å². The summed E-state index contributed by atoms with van der Waals surface area (Å²) in [6.07, 6.45) is 0. The van der Waals surface area contributed by atoms with Gasteiger partial charge in [-0.2, -0.15) is 5.26 Å². The van der Waals surface area contributed by atoms with Crippen LogP contribution in [-0.4, -0.2) is 19.1 Å². The molecule has 0 saturated carbocycles. The van der Waals surface area contributed by atoms with Crippen molar-refractivity contribution in [1.82, 2.24) is 4.90 Å². The Labute approximate surface area is 124 Å². The zero-order valence-electron chi connectivity index (χ0n) is 12.1. The molecule has 2 rings (SSSR count). The SMILES string of the molecule is COc1ccc(CN(C)Cc2ccc(F)cc2)cc1C#N. The fourth-order valence-electron chi connectivity index (χ4n) is 2.21. The molecule has 0 aliphatic heterocycles. The summed E-state index contributed by atoms with van der Waals surface area (Å²) in [5, 5.41) is 9.09. The number of benzene rings is 2. The third-order valence-electron chi connectivity index (χ3n) is 3.20. The van der Waals surface area contributed by atoms with Crippen LogP contribution < -0.4 is 4.74 Å². The van der Waals surface area contributed by atoms with Crippen molar-refractivity contribution in [3.05, 3.63) is 65.0 Å². The van der Waals surface area contributed by atoms with Gasteiger partial charge in [0, 0.05) is 13.1 Å². The quantitative estimate of drug-likeness (QED) is 0.845. The summed E-state index contributed by atoms with van der Waals surface area (Å²) < 4.78 is 18.0. The maximum absolute atomic E-state index is 12.9. The standard InChI is InChI=1S/C17H17FN2O/c1-20(11-13-3-6-16(18)7-4-13)12-14-5-8-17(21-2)15(9-14)10-19/h3-9H,11-12H2,1-2H3.